The van der Waals surface area contributed by atoms with Crippen LogP contribution in [0.25, 0.3) is 11.3 Å². The number of rotatable bonds is 3. The summed E-state index contributed by atoms with van der Waals surface area (Å²) in [6.45, 7) is 0. The molecule has 0 fully saturated rings. The van der Waals surface area contributed by atoms with Crippen molar-refractivity contribution in [3.8, 4) is 11.3 Å². The zero-order valence-electron chi connectivity index (χ0n) is 10.8. The van der Waals surface area contributed by atoms with Crippen molar-refractivity contribution in [3.63, 3.8) is 0 Å². The molecule has 4 heteroatoms. The number of aromatic nitrogens is 2. The molecule has 0 aliphatic rings. The van der Waals surface area contributed by atoms with E-state index in [1.807, 2.05) is 66.7 Å². The normalized spacial score (nSPS) is 10.2. The quantitative estimate of drug-likeness (QED) is 0.709. The summed E-state index contributed by atoms with van der Waals surface area (Å²) in [5.74, 6) is 0.690. The highest BCUT2D eigenvalue weighted by Gasteiger charge is 2.01. The number of anilines is 3. The first-order valence-electron chi connectivity index (χ1n) is 6.33. The maximum atomic E-state index is 5.74. The molecule has 0 radical (unpaired) electrons. The molecule has 1 aromatic heterocycles. The Balaban J connectivity index is 1.80. The van der Waals surface area contributed by atoms with Crippen molar-refractivity contribution in [2.45, 2.75) is 0 Å². The maximum absolute atomic E-state index is 5.74. The smallest absolute Gasteiger partial charge is 0.153 e. The molecule has 0 amide bonds. The second kappa shape index (κ2) is 5.40. The molecular weight excluding hydrogens is 248 g/mol. The number of benzene rings is 2. The van der Waals surface area contributed by atoms with Crippen molar-refractivity contribution >= 4 is 17.2 Å². The lowest BCUT2D eigenvalue weighted by atomic mass is 10.1. The molecule has 0 spiro atoms. The standard InChI is InChI=1S/C16H14N4/c17-13-7-4-8-14(11-13)18-16-10-9-15(19-20-16)12-5-2-1-3-6-12/h1-11H,17H2,(H,18,20). The van der Waals surface area contributed by atoms with E-state index in [1.165, 1.54) is 0 Å². The second-order valence-electron chi connectivity index (χ2n) is 4.42. The molecule has 2 aromatic carbocycles. The average molecular weight is 262 g/mol. The zero-order chi connectivity index (χ0) is 13.8. The second-order valence-corrected chi connectivity index (χ2v) is 4.42. The van der Waals surface area contributed by atoms with E-state index >= 15 is 0 Å². The van der Waals surface area contributed by atoms with Crippen molar-refractivity contribution in [1.29, 1.82) is 0 Å². The van der Waals surface area contributed by atoms with Gasteiger partial charge in [-0.15, -0.1) is 10.2 Å². The number of hydrogen-bond acceptors (Lipinski definition) is 4. The topological polar surface area (TPSA) is 63.8 Å². The monoisotopic (exact) mass is 262 g/mol. The molecule has 3 rings (SSSR count). The number of nitrogen functional groups attached to an aromatic ring is 1. The SMILES string of the molecule is Nc1cccc(Nc2ccc(-c3ccccc3)nn2)c1. The Kier molecular flexibility index (Phi) is 3.29. The number of nitrogens with zero attached hydrogens (tertiary/aromatic N) is 2. The van der Waals surface area contributed by atoms with E-state index in [4.69, 9.17) is 5.73 Å². The lowest BCUT2D eigenvalue weighted by Crippen LogP contribution is -1.97. The molecule has 3 N–H and O–H groups in total. The third-order valence-electron chi connectivity index (χ3n) is 2.89. The van der Waals surface area contributed by atoms with Crippen molar-refractivity contribution in [2.24, 2.45) is 0 Å². The zero-order valence-corrected chi connectivity index (χ0v) is 10.8. The highest BCUT2D eigenvalue weighted by molar-refractivity contribution is 5.63. The summed E-state index contributed by atoms with van der Waals surface area (Å²) < 4.78 is 0. The van der Waals surface area contributed by atoms with Crippen LogP contribution in [-0.4, -0.2) is 10.2 Å². The van der Waals surface area contributed by atoms with Gasteiger partial charge in [-0.1, -0.05) is 36.4 Å². The Bertz CT molecular complexity index is 693. The van der Waals surface area contributed by atoms with Crippen molar-refractivity contribution in [2.75, 3.05) is 11.1 Å². The lowest BCUT2D eigenvalue weighted by Gasteiger charge is -2.06. The van der Waals surface area contributed by atoms with Crippen LogP contribution in [0.5, 0.6) is 0 Å². The minimum atomic E-state index is 0.690. The van der Waals surface area contributed by atoms with E-state index in [-0.39, 0.29) is 0 Å². The third-order valence-corrected chi connectivity index (χ3v) is 2.89. The molecule has 3 aromatic rings. The Labute approximate surface area is 117 Å². The van der Waals surface area contributed by atoms with Crippen LogP contribution in [0.3, 0.4) is 0 Å². The van der Waals surface area contributed by atoms with E-state index in [0.29, 0.717) is 11.5 Å². The van der Waals surface area contributed by atoms with Gasteiger partial charge in [0, 0.05) is 16.9 Å². The van der Waals surface area contributed by atoms with Crippen LogP contribution >= 0.6 is 0 Å². The molecule has 20 heavy (non-hydrogen) atoms. The molecule has 0 aliphatic heterocycles. The van der Waals surface area contributed by atoms with Crippen molar-refractivity contribution in [1.82, 2.24) is 10.2 Å². The predicted molar refractivity (Wildman–Crippen MR) is 81.6 cm³/mol. The molecule has 4 nitrogen and oxygen atoms in total. The summed E-state index contributed by atoms with van der Waals surface area (Å²) in [6.07, 6.45) is 0. The van der Waals surface area contributed by atoms with Crippen LogP contribution in [0, 0.1) is 0 Å². The summed E-state index contributed by atoms with van der Waals surface area (Å²) in [6, 6.07) is 21.3. The summed E-state index contributed by atoms with van der Waals surface area (Å²) in [7, 11) is 0. The Morgan fingerprint density at radius 1 is 0.800 bits per heavy atom. The van der Waals surface area contributed by atoms with Crippen molar-refractivity contribution in [3.05, 3.63) is 66.7 Å². The van der Waals surface area contributed by atoms with E-state index < -0.39 is 0 Å². The fourth-order valence-corrected chi connectivity index (χ4v) is 1.93. The first kappa shape index (κ1) is 12.2. The predicted octanol–water partition coefficient (Wildman–Crippen LogP) is 3.47. The van der Waals surface area contributed by atoms with E-state index in [9.17, 15) is 0 Å². The van der Waals surface area contributed by atoms with Crippen LogP contribution < -0.4 is 11.1 Å². The largest absolute Gasteiger partial charge is 0.399 e. The minimum absolute atomic E-state index is 0.690. The van der Waals surface area contributed by atoms with Gasteiger partial charge >= 0.3 is 0 Å². The molecule has 0 aliphatic carbocycles. The Morgan fingerprint density at radius 2 is 1.65 bits per heavy atom. The van der Waals surface area contributed by atoms with Gasteiger partial charge < -0.3 is 11.1 Å². The number of hydrogen-bond donors (Lipinski definition) is 2. The molecule has 0 unspecified atom stereocenters. The van der Waals surface area contributed by atoms with Crippen LogP contribution in [0.2, 0.25) is 0 Å². The van der Waals surface area contributed by atoms with E-state index in [0.717, 1.165) is 16.9 Å². The lowest BCUT2D eigenvalue weighted by molar-refractivity contribution is 1.04. The average Bonchev–Trinajstić information content (AvgIpc) is 2.49. The third kappa shape index (κ3) is 2.75. The van der Waals surface area contributed by atoms with Crippen LogP contribution in [-0.2, 0) is 0 Å². The van der Waals surface area contributed by atoms with Gasteiger partial charge in [0.05, 0.1) is 5.69 Å². The Hall–Kier alpha value is -2.88. The van der Waals surface area contributed by atoms with E-state index in [1.54, 1.807) is 0 Å². The molecule has 0 saturated carbocycles. The molecule has 1 heterocycles. The number of nitrogens with two attached hydrogens (primary N) is 1. The summed E-state index contributed by atoms with van der Waals surface area (Å²) in [5, 5.41) is 11.6. The molecule has 0 atom stereocenters. The van der Waals surface area contributed by atoms with Gasteiger partial charge in [-0.3, -0.25) is 0 Å². The van der Waals surface area contributed by atoms with Crippen LogP contribution in [0.1, 0.15) is 0 Å². The fourth-order valence-electron chi connectivity index (χ4n) is 1.93. The number of nitrogens with one attached hydrogen (secondary N) is 1. The van der Waals surface area contributed by atoms with Gasteiger partial charge in [0.25, 0.3) is 0 Å². The van der Waals surface area contributed by atoms with Gasteiger partial charge in [-0.05, 0) is 30.3 Å². The van der Waals surface area contributed by atoms with Crippen molar-refractivity contribution < 1.29 is 0 Å². The summed E-state index contributed by atoms with van der Waals surface area (Å²) in [5.41, 5.74) is 9.25. The molecule has 98 valence electrons. The van der Waals surface area contributed by atoms with Crippen LogP contribution in [0.15, 0.2) is 66.7 Å². The highest BCUT2D eigenvalue weighted by Crippen LogP contribution is 2.19. The maximum Gasteiger partial charge on any atom is 0.153 e. The van der Waals surface area contributed by atoms with Gasteiger partial charge in [-0.25, -0.2) is 0 Å². The minimum Gasteiger partial charge on any atom is -0.399 e. The first-order chi connectivity index (χ1) is 9.81. The van der Waals surface area contributed by atoms with Crippen LogP contribution in [0.4, 0.5) is 17.2 Å². The van der Waals surface area contributed by atoms with E-state index in [2.05, 4.69) is 15.5 Å². The van der Waals surface area contributed by atoms with Gasteiger partial charge in [0.15, 0.2) is 5.82 Å². The highest BCUT2D eigenvalue weighted by atomic mass is 15.2. The molecular formula is C16H14N4. The summed E-state index contributed by atoms with van der Waals surface area (Å²) in [4.78, 5) is 0. The Morgan fingerprint density at radius 3 is 2.35 bits per heavy atom. The molecule has 0 bridgehead atoms. The van der Waals surface area contributed by atoms with Gasteiger partial charge in [0.2, 0.25) is 0 Å². The van der Waals surface area contributed by atoms with Gasteiger partial charge in [-0.2, -0.15) is 0 Å². The molecule has 0 saturated heterocycles. The summed E-state index contributed by atoms with van der Waals surface area (Å²) >= 11 is 0. The van der Waals surface area contributed by atoms with Gasteiger partial charge in [0.1, 0.15) is 0 Å². The first-order valence-corrected chi connectivity index (χ1v) is 6.33. The fraction of sp³-hybridized carbons (Fsp3) is 0.